The van der Waals surface area contributed by atoms with Crippen molar-refractivity contribution in [3.05, 3.63) is 59.2 Å². The summed E-state index contributed by atoms with van der Waals surface area (Å²) in [6, 6.07) is 14.7. The van der Waals surface area contributed by atoms with Crippen LogP contribution < -0.4 is 5.32 Å². The average Bonchev–Trinajstić information content (AvgIpc) is 3.22. The van der Waals surface area contributed by atoms with Crippen LogP contribution in [0.5, 0.6) is 0 Å². The van der Waals surface area contributed by atoms with Crippen molar-refractivity contribution in [2.24, 2.45) is 5.92 Å². The van der Waals surface area contributed by atoms with E-state index in [0.29, 0.717) is 12.0 Å². The minimum absolute atomic E-state index is 0.330. The molecule has 1 atom stereocenters. The number of anilines is 1. The van der Waals surface area contributed by atoms with Crippen molar-refractivity contribution in [1.29, 1.82) is 0 Å². The van der Waals surface area contributed by atoms with Crippen LogP contribution in [0.1, 0.15) is 24.4 Å². The molecule has 0 bridgehead atoms. The van der Waals surface area contributed by atoms with Crippen LogP contribution in [0.2, 0.25) is 5.02 Å². The summed E-state index contributed by atoms with van der Waals surface area (Å²) in [5, 5.41) is 12.8. The van der Waals surface area contributed by atoms with Gasteiger partial charge in [0, 0.05) is 10.4 Å². The quantitative estimate of drug-likeness (QED) is 0.727. The molecule has 3 nitrogen and oxygen atoms in total. The van der Waals surface area contributed by atoms with Gasteiger partial charge in [-0.25, -0.2) is 0 Å². The largest absolute Gasteiger partial charge is 0.376 e. The number of nitrogens with one attached hydrogen (secondary N) is 2. The molecule has 1 fully saturated rings. The number of hydrogen-bond donors (Lipinski definition) is 2. The van der Waals surface area contributed by atoms with Gasteiger partial charge in [-0.1, -0.05) is 35.9 Å². The number of aromatic amines is 1. The Labute approximate surface area is 128 Å². The van der Waals surface area contributed by atoms with Crippen molar-refractivity contribution < 1.29 is 0 Å². The van der Waals surface area contributed by atoms with Gasteiger partial charge in [0.15, 0.2) is 0 Å². The molecule has 4 rings (SSSR count). The monoisotopic (exact) mass is 297 g/mol. The lowest BCUT2D eigenvalue weighted by Gasteiger charge is -2.20. The summed E-state index contributed by atoms with van der Waals surface area (Å²) in [5.41, 5.74) is 3.47. The molecule has 106 valence electrons. The fourth-order valence-electron chi connectivity index (χ4n) is 2.83. The maximum Gasteiger partial charge on any atom is 0.0881 e. The maximum absolute atomic E-state index is 6.00. The molecule has 0 saturated heterocycles. The molecule has 1 aliphatic carbocycles. The topological polar surface area (TPSA) is 40.7 Å². The van der Waals surface area contributed by atoms with Gasteiger partial charge < -0.3 is 5.32 Å². The van der Waals surface area contributed by atoms with Crippen LogP contribution in [-0.4, -0.2) is 10.2 Å². The predicted octanol–water partition coefficient (Wildman–Crippen LogP) is 4.78. The van der Waals surface area contributed by atoms with Crippen LogP contribution in [0.3, 0.4) is 0 Å². The summed E-state index contributed by atoms with van der Waals surface area (Å²) in [5.74, 6) is 0.698. The molecule has 0 radical (unpaired) electrons. The van der Waals surface area contributed by atoms with Crippen LogP contribution >= 0.6 is 11.6 Å². The van der Waals surface area contributed by atoms with E-state index in [0.717, 1.165) is 21.6 Å². The van der Waals surface area contributed by atoms with Crippen LogP contribution in [0.4, 0.5) is 5.69 Å². The van der Waals surface area contributed by atoms with Gasteiger partial charge in [0.25, 0.3) is 0 Å². The first-order valence-corrected chi connectivity index (χ1v) is 7.63. The molecule has 1 heterocycles. The highest BCUT2D eigenvalue weighted by molar-refractivity contribution is 6.30. The number of para-hydroxylation sites is 1. The van der Waals surface area contributed by atoms with Crippen LogP contribution in [0, 0.1) is 5.92 Å². The molecule has 0 amide bonds. The number of nitrogens with zero attached hydrogens (tertiary/aromatic N) is 1. The van der Waals surface area contributed by atoms with Gasteiger partial charge in [-0.2, -0.15) is 5.10 Å². The molecule has 1 saturated carbocycles. The first kappa shape index (κ1) is 12.7. The summed E-state index contributed by atoms with van der Waals surface area (Å²) in [6.07, 6.45) is 4.41. The highest BCUT2D eigenvalue weighted by Gasteiger charge is 2.32. The second-order valence-electron chi connectivity index (χ2n) is 5.65. The van der Waals surface area contributed by atoms with Crippen molar-refractivity contribution in [2.45, 2.75) is 18.9 Å². The van der Waals surface area contributed by atoms with E-state index in [2.05, 4.69) is 45.8 Å². The third-order valence-electron chi connectivity index (χ3n) is 4.11. The fourth-order valence-corrected chi connectivity index (χ4v) is 2.96. The Morgan fingerprint density at radius 1 is 1.14 bits per heavy atom. The molecule has 3 aromatic rings. The normalized spacial score (nSPS) is 16.0. The summed E-state index contributed by atoms with van der Waals surface area (Å²) >= 11 is 6.00. The van der Waals surface area contributed by atoms with Gasteiger partial charge in [-0.3, -0.25) is 5.10 Å². The minimum Gasteiger partial charge on any atom is -0.376 e. The lowest BCUT2D eigenvalue weighted by atomic mass is 10.0. The maximum atomic E-state index is 6.00. The molecular weight excluding hydrogens is 282 g/mol. The van der Waals surface area contributed by atoms with E-state index in [-0.39, 0.29) is 0 Å². The molecule has 2 N–H and O–H groups in total. The predicted molar refractivity (Wildman–Crippen MR) is 86.6 cm³/mol. The van der Waals surface area contributed by atoms with Crippen molar-refractivity contribution in [3.63, 3.8) is 0 Å². The number of benzene rings is 2. The second-order valence-corrected chi connectivity index (χ2v) is 6.09. The zero-order valence-corrected chi connectivity index (χ0v) is 12.3. The van der Waals surface area contributed by atoms with E-state index < -0.39 is 0 Å². The Morgan fingerprint density at radius 2 is 1.95 bits per heavy atom. The van der Waals surface area contributed by atoms with E-state index in [1.807, 2.05) is 18.3 Å². The SMILES string of the molecule is Clc1ccc(C(Nc2cccc3cn[nH]c23)C2CC2)cc1. The van der Waals surface area contributed by atoms with E-state index >= 15 is 0 Å². The zero-order chi connectivity index (χ0) is 14.2. The highest BCUT2D eigenvalue weighted by Crippen LogP contribution is 2.43. The van der Waals surface area contributed by atoms with Crippen molar-refractivity contribution in [2.75, 3.05) is 5.32 Å². The highest BCUT2D eigenvalue weighted by atomic mass is 35.5. The van der Waals surface area contributed by atoms with Crippen LogP contribution in [-0.2, 0) is 0 Å². The number of halogens is 1. The van der Waals surface area contributed by atoms with Gasteiger partial charge in [0.2, 0.25) is 0 Å². The van der Waals surface area contributed by atoms with E-state index in [4.69, 9.17) is 11.6 Å². The van der Waals surface area contributed by atoms with Crippen molar-refractivity contribution >= 4 is 28.2 Å². The summed E-state index contributed by atoms with van der Waals surface area (Å²) < 4.78 is 0. The third kappa shape index (κ3) is 2.49. The lowest BCUT2D eigenvalue weighted by molar-refractivity contribution is 0.679. The van der Waals surface area contributed by atoms with Crippen molar-refractivity contribution in [1.82, 2.24) is 10.2 Å². The van der Waals surface area contributed by atoms with Gasteiger partial charge in [-0.15, -0.1) is 0 Å². The summed E-state index contributed by atoms with van der Waals surface area (Å²) in [6.45, 7) is 0. The summed E-state index contributed by atoms with van der Waals surface area (Å²) in [7, 11) is 0. The van der Waals surface area contributed by atoms with E-state index in [1.54, 1.807) is 0 Å². The standard InChI is InChI=1S/C17H16ClN3/c18-14-8-6-12(7-9-14)16(11-4-5-11)20-15-3-1-2-13-10-19-21-17(13)15/h1-3,6-11,16,20H,4-5H2,(H,19,21). The molecule has 1 aromatic heterocycles. The molecule has 2 aromatic carbocycles. The van der Waals surface area contributed by atoms with E-state index in [1.165, 1.54) is 18.4 Å². The van der Waals surface area contributed by atoms with Crippen molar-refractivity contribution in [3.8, 4) is 0 Å². The first-order valence-electron chi connectivity index (χ1n) is 7.25. The lowest BCUT2D eigenvalue weighted by Crippen LogP contribution is -2.13. The minimum atomic E-state index is 0.330. The second kappa shape index (κ2) is 5.08. The van der Waals surface area contributed by atoms with Gasteiger partial charge in [0.05, 0.1) is 23.4 Å². The van der Waals surface area contributed by atoms with E-state index in [9.17, 15) is 0 Å². The number of aromatic nitrogens is 2. The molecule has 4 heteroatoms. The number of hydrogen-bond acceptors (Lipinski definition) is 2. The Bertz CT molecular complexity index is 759. The van der Waals surface area contributed by atoms with Crippen LogP contribution in [0.25, 0.3) is 10.9 Å². The molecule has 21 heavy (non-hydrogen) atoms. The molecule has 1 aliphatic rings. The Morgan fingerprint density at radius 3 is 2.71 bits per heavy atom. The smallest absolute Gasteiger partial charge is 0.0881 e. The molecule has 0 aliphatic heterocycles. The van der Waals surface area contributed by atoms with Crippen LogP contribution in [0.15, 0.2) is 48.7 Å². The molecule has 0 spiro atoms. The van der Waals surface area contributed by atoms with Gasteiger partial charge in [0.1, 0.15) is 0 Å². The molecule has 1 unspecified atom stereocenters. The Balaban J connectivity index is 1.69. The number of H-pyrrole nitrogens is 1. The summed E-state index contributed by atoms with van der Waals surface area (Å²) in [4.78, 5) is 0. The number of fused-ring (bicyclic) bond motifs is 1. The average molecular weight is 298 g/mol. The number of rotatable bonds is 4. The first-order chi connectivity index (χ1) is 10.3. The Hall–Kier alpha value is -2.00. The molecular formula is C17H16ClN3. The third-order valence-corrected chi connectivity index (χ3v) is 4.36. The zero-order valence-electron chi connectivity index (χ0n) is 11.5. The van der Waals surface area contributed by atoms with Gasteiger partial charge in [-0.05, 0) is 42.5 Å². The fraction of sp³-hybridized carbons (Fsp3) is 0.235. The van der Waals surface area contributed by atoms with Gasteiger partial charge >= 0.3 is 0 Å². The Kier molecular flexibility index (Phi) is 3.08.